The molecule has 0 saturated heterocycles. The van der Waals surface area contributed by atoms with Crippen molar-refractivity contribution in [3.63, 3.8) is 0 Å². The molecule has 120 valence electrons. The molecule has 6 heteroatoms. The molecule has 1 atom stereocenters. The maximum Gasteiger partial charge on any atom is 0.453 e. The first-order valence-corrected chi connectivity index (χ1v) is 6.65. The zero-order chi connectivity index (χ0) is 16.3. The van der Waals surface area contributed by atoms with E-state index in [4.69, 9.17) is 4.74 Å². The molecule has 0 aliphatic heterocycles. The summed E-state index contributed by atoms with van der Waals surface area (Å²) >= 11 is 0. The van der Waals surface area contributed by atoms with Crippen LogP contribution in [0.5, 0.6) is 0 Å². The first kappa shape index (κ1) is 17.9. The van der Waals surface area contributed by atoms with Gasteiger partial charge in [0.1, 0.15) is 0 Å². The van der Waals surface area contributed by atoms with Gasteiger partial charge in [-0.2, -0.15) is 22.0 Å². The van der Waals surface area contributed by atoms with E-state index >= 15 is 0 Å². The minimum atomic E-state index is -5.59. The van der Waals surface area contributed by atoms with Gasteiger partial charge in [-0.3, -0.25) is 0 Å². The van der Waals surface area contributed by atoms with Crippen molar-refractivity contribution >= 4 is 0 Å². The van der Waals surface area contributed by atoms with Crippen LogP contribution >= 0.6 is 0 Å². The van der Waals surface area contributed by atoms with Gasteiger partial charge in [0.25, 0.3) is 0 Å². The molecule has 0 radical (unpaired) electrons. The van der Waals surface area contributed by atoms with Gasteiger partial charge in [0, 0.05) is 7.11 Å². The fourth-order valence-electron chi connectivity index (χ4n) is 2.13. The lowest BCUT2D eigenvalue weighted by Gasteiger charge is -2.33. The highest BCUT2D eigenvalue weighted by Crippen LogP contribution is 2.45. The first-order chi connectivity index (χ1) is 9.55. The van der Waals surface area contributed by atoms with E-state index in [-0.39, 0.29) is 0 Å². The van der Waals surface area contributed by atoms with E-state index in [9.17, 15) is 22.0 Å². The highest BCUT2D eigenvalue weighted by molar-refractivity contribution is 5.27. The van der Waals surface area contributed by atoms with Gasteiger partial charge in [0.2, 0.25) is 0 Å². The van der Waals surface area contributed by atoms with E-state index in [1.807, 2.05) is 6.92 Å². The minimum absolute atomic E-state index is 0.300. The predicted octanol–water partition coefficient (Wildman–Crippen LogP) is 5.09. The van der Waals surface area contributed by atoms with Gasteiger partial charge in [-0.15, -0.1) is 0 Å². The summed E-state index contributed by atoms with van der Waals surface area (Å²) in [4.78, 5) is 0. The second-order valence-corrected chi connectivity index (χ2v) is 5.26. The Hall–Kier alpha value is -1.17. The number of aryl methyl sites for hydroxylation is 1. The molecule has 1 aromatic carbocycles. The van der Waals surface area contributed by atoms with Gasteiger partial charge in [-0.1, -0.05) is 37.6 Å². The smallest absolute Gasteiger partial charge is 0.374 e. The van der Waals surface area contributed by atoms with E-state index < -0.39 is 24.1 Å². The Morgan fingerprint density at radius 2 is 1.52 bits per heavy atom. The SMILES string of the molecule is CCCc1ccc(C(C)(CC(F)(F)C(F)(F)F)OC)cc1. The molecule has 0 heterocycles. The second-order valence-electron chi connectivity index (χ2n) is 5.26. The van der Waals surface area contributed by atoms with Crippen LogP contribution in [-0.2, 0) is 16.8 Å². The van der Waals surface area contributed by atoms with Crippen LogP contribution in [0, 0.1) is 0 Å². The summed E-state index contributed by atoms with van der Waals surface area (Å²) in [6.45, 7) is 3.23. The Labute approximate surface area is 121 Å². The van der Waals surface area contributed by atoms with Crippen molar-refractivity contribution in [2.75, 3.05) is 7.11 Å². The van der Waals surface area contributed by atoms with E-state index in [0.29, 0.717) is 5.56 Å². The Morgan fingerprint density at radius 1 is 1.00 bits per heavy atom. The number of halogens is 5. The molecule has 0 aliphatic rings. The Morgan fingerprint density at radius 3 is 1.90 bits per heavy atom. The molecule has 0 saturated carbocycles. The summed E-state index contributed by atoms with van der Waals surface area (Å²) in [7, 11) is 1.13. The third kappa shape index (κ3) is 4.15. The average Bonchev–Trinajstić information content (AvgIpc) is 2.38. The average molecular weight is 310 g/mol. The number of hydrogen-bond donors (Lipinski definition) is 0. The Kier molecular flexibility index (Phi) is 5.36. The van der Waals surface area contributed by atoms with Crippen LogP contribution in [0.2, 0.25) is 0 Å². The summed E-state index contributed by atoms with van der Waals surface area (Å²) in [5, 5.41) is 0. The maximum absolute atomic E-state index is 13.3. The van der Waals surface area contributed by atoms with Gasteiger partial charge < -0.3 is 4.74 Å². The van der Waals surface area contributed by atoms with Gasteiger partial charge in [0.05, 0.1) is 12.0 Å². The third-order valence-corrected chi connectivity index (χ3v) is 3.53. The molecule has 0 aliphatic carbocycles. The van der Waals surface area contributed by atoms with Crippen LogP contribution in [0.4, 0.5) is 22.0 Å². The molecule has 1 nitrogen and oxygen atoms in total. The van der Waals surface area contributed by atoms with E-state index in [0.717, 1.165) is 25.5 Å². The molecule has 0 spiro atoms. The third-order valence-electron chi connectivity index (χ3n) is 3.53. The molecule has 0 N–H and O–H groups in total. The Bertz CT molecular complexity index is 452. The highest BCUT2D eigenvalue weighted by Gasteiger charge is 2.60. The van der Waals surface area contributed by atoms with E-state index in [1.165, 1.54) is 6.92 Å². The number of hydrogen-bond acceptors (Lipinski definition) is 1. The predicted molar refractivity (Wildman–Crippen MR) is 70.4 cm³/mol. The van der Waals surface area contributed by atoms with Gasteiger partial charge >= 0.3 is 12.1 Å². The maximum atomic E-state index is 13.3. The van der Waals surface area contributed by atoms with Crippen LogP contribution in [-0.4, -0.2) is 19.2 Å². The zero-order valence-electron chi connectivity index (χ0n) is 12.2. The summed E-state index contributed by atoms with van der Waals surface area (Å²) in [6, 6.07) is 6.53. The van der Waals surface area contributed by atoms with Crippen LogP contribution < -0.4 is 0 Å². The molecule has 21 heavy (non-hydrogen) atoms. The molecule has 0 fully saturated rings. The van der Waals surface area contributed by atoms with Crippen LogP contribution in [0.3, 0.4) is 0 Å². The van der Waals surface area contributed by atoms with Gasteiger partial charge in [-0.25, -0.2) is 0 Å². The van der Waals surface area contributed by atoms with E-state index in [1.54, 1.807) is 24.3 Å². The normalized spacial score (nSPS) is 15.8. The minimum Gasteiger partial charge on any atom is -0.374 e. The molecule has 0 amide bonds. The van der Waals surface area contributed by atoms with Crippen molar-refractivity contribution in [3.05, 3.63) is 35.4 Å². The molecule has 1 aromatic rings. The fraction of sp³-hybridized carbons (Fsp3) is 0.600. The first-order valence-electron chi connectivity index (χ1n) is 6.65. The van der Waals surface area contributed by atoms with Crippen LogP contribution in [0.1, 0.15) is 37.8 Å². The number of benzene rings is 1. The monoisotopic (exact) mass is 310 g/mol. The second kappa shape index (κ2) is 6.30. The molecule has 1 unspecified atom stereocenters. The largest absolute Gasteiger partial charge is 0.453 e. The van der Waals surface area contributed by atoms with Crippen molar-refractivity contribution in [2.45, 2.75) is 50.8 Å². The quantitative estimate of drug-likeness (QED) is 0.665. The molecular formula is C15H19F5O. The highest BCUT2D eigenvalue weighted by atomic mass is 19.4. The van der Waals surface area contributed by atoms with Crippen molar-refractivity contribution in [2.24, 2.45) is 0 Å². The zero-order valence-corrected chi connectivity index (χ0v) is 12.2. The van der Waals surface area contributed by atoms with Crippen molar-refractivity contribution in [3.8, 4) is 0 Å². The van der Waals surface area contributed by atoms with Gasteiger partial charge in [0.15, 0.2) is 0 Å². The lowest BCUT2D eigenvalue weighted by molar-refractivity contribution is -0.298. The summed E-state index contributed by atoms with van der Waals surface area (Å²) in [5.74, 6) is -4.81. The number of ether oxygens (including phenoxy) is 1. The van der Waals surface area contributed by atoms with Crippen molar-refractivity contribution in [1.82, 2.24) is 0 Å². The lowest BCUT2D eigenvalue weighted by Crippen LogP contribution is -2.43. The molecular weight excluding hydrogens is 291 g/mol. The van der Waals surface area contributed by atoms with Crippen LogP contribution in [0.25, 0.3) is 0 Å². The van der Waals surface area contributed by atoms with Crippen molar-refractivity contribution in [1.29, 1.82) is 0 Å². The van der Waals surface area contributed by atoms with Crippen LogP contribution in [0.15, 0.2) is 24.3 Å². The van der Waals surface area contributed by atoms with E-state index in [2.05, 4.69) is 0 Å². The number of alkyl halides is 5. The summed E-state index contributed by atoms with van der Waals surface area (Å²) in [5.41, 5.74) is -0.403. The standard InChI is InChI=1S/C15H19F5O/c1-4-5-11-6-8-12(9-7-11)13(2,21-3)10-14(16,17)15(18,19)20/h6-9H,4-5,10H2,1-3H3. The number of methoxy groups -OCH3 is 1. The van der Waals surface area contributed by atoms with Gasteiger partial charge in [-0.05, 0) is 24.5 Å². The summed E-state index contributed by atoms with van der Waals surface area (Å²) in [6.07, 6.45) is -5.29. The topological polar surface area (TPSA) is 9.23 Å². The molecule has 0 bridgehead atoms. The molecule has 1 rings (SSSR count). The Balaban J connectivity index is 3.04. The fourth-order valence-corrected chi connectivity index (χ4v) is 2.13. The summed E-state index contributed by atoms with van der Waals surface area (Å²) < 4.78 is 68.7. The number of rotatable bonds is 6. The molecule has 0 aromatic heterocycles. The van der Waals surface area contributed by atoms with Crippen molar-refractivity contribution < 1.29 is 26.7 Å². The lowest BCUT2D eigenvalue weighted by atomic mass is 9.88.